The molecular formula is C19H21FN2O3S. The first kappa shape index (κ1) is 18.5. The number of nitrogens with zero attached hydrogens (tertiary/aromatic N) is 1. The fraction of sp³-hybridized carbons (Fsp3) is 0.368. The maximum absolute atomic E-state index is 13.0. The van der Waals surface area contributed by atoms with Crippen molar-refractivity contribution in [2.75, 3.05) is 18.4 Å². The van der Waals surface area contributed by atoms with Gasteiger partial charge < -0.3 is 10.4 Å². The molecule has 1 amide bonds. The van der Waals surface area contributed by atoms with Crippen molar-refractivity contribution in [3.8, 4) is 0 Å². The highest BCUT2D eigenvalue weighted by molar-refractivity contribution is 7.11. The third kappa shape index (κ3) is 4.68. The molecule has 2 aromatic rings. The number of likely N-dealkylation sites (tertiary alicyclic amines) is 1. The Morgan fingerprint density at radius 3 is 2.50 bits per heavy atom. The number of aryl methyl sites for hydroxylation is 1. The lowest BCUT2D eigenvalue weighted by Gasteiger charge is -2.35. The second-order valence-electron chi connectivity index (χ2n) is 6.67. The Morgan fingerprint density at radius 1 is 1.19 bits per heavy atom. The standard InChI is InChI=1S/C19H21FN2O3S/c1-12-2-7-17(26-12)11-22-9-13(8-14(10-22)19(24)25)18(23)21-16-5-3-15(20)4-6-16/h2-7,13-14H,8-11H2,1H3,(H,21,23)(H,24,25)/t13-,14+/m0/s1. The number of benzene rings is 1. The second-order valence-corrected chi connectivity index (χ2v) is 8.04. The molecular weight excluding hydrogens is 355 g/mol. The van der Waals surface area contributed by atoms with Crippen LogP contribution in [0.2, 0.25) is 0 Å². The number of carbonyl (C=O) groups excluding carboxylic acids is 1. The van der Waals surface area contributed by atoms with Crippen LogP contribution in [-0.2, 0) is 16.1 Å². The van der Waals surface area contributed by atoms with Crippen molar-refractivity contribution in [1.29, 1.82) is 0 Å². The molecule has 1 fully saturated rings. The van der Waals surface area contributed by atoms with Crippen LogP contribution in [0.5, 0.6) is 0 Å². The molecule has 138 valence electrons. The van der Waals surface area contributed by atoms with Crippen LogP contribution in [0.1, 0.15) is 16.2 Å². The molecule has 0 unspecified atom stereocenters. The molecule has 2 heterocycles. The lowest BCUT2D eigenvalue weighted by atomic mass is 9.88. The highest BCUT2D eigenvalue weighted by Crippen LogP contribution is 2.26. The molecule has 7 heteroatoms. The molecule has 26 heavy (non-hydrogen) atoms. The Labute approximate surface area is 155 Å². The van der Waals surface area contributed by atoms with Crippen LogP contribution in [0.4, 0.5) is 10.1 Å². The molecule has 2 N–H and O–H groups in total. The highest BCUT2D eigenvalue weighted by atomic mass is 32.1. The van der Waals surface area contributed by atoms with Gasteiger partial charge in [0.05, 0.1) is 11.8 Å². The van der Waals surface area contributed by atoms with Crippen molar-refractivity contribution in [2.24, 2.45) is 11.8 Å². The van der Waals surface area contributed by atoms with Crippen LogP contribution in [0.25, 0.3) is 0 Å². The van der Waals surface area contributed by atoms with Gasteiger partial charge in [0, 0.05) is 35.1 Å². The molecule has 3 rings (SSSR count). The first-order valence-electron chi connectivity index (χ1n) is 8.47. The highest BCUT2D eigenvalue weighted by Gasteiger charge is 2.35. The summed E-state index contributed by atoms with van der Waals surface area (Å²) in [5, 5.41) is 12.2. The number of hydrogen-bond donors (Lipinski definition) is 2. The van der Waals surface area contributed by atoms with Gasteiger partial charge in [0.25, 0.3) is 0 Å². The van der Waals surface area contributed by atoms with Gasteiger partial charge in [0.1, 0.15) is 5.82 Å². The number of thiophene rings is 1. The summed E-state index contributed by atoms with van der Waals surface area (Å²) in [6, 6.07) is 9.63. The van der Waals surface area contributed by atoms with Gasteiger partial charge in [-0.15, -0.1) is 11.3 Å². The zero-order chi connectivity index (χ0) is 18.7. The average Bonchev–Trinajstić information content (AvgIpc) is 3.01. The minimum absolute atomic E-state index is 0.227. The van der Waals surface area contributed by atoms with E-state index < -0.39 is 17.8 Å². The van der Waals surface area contributed by atoms with Crippen LogP contribution in [-0.4, -0.2) is 35.0 Å². The van der Waals surface area contributed by atoms with Gasteiger partial charge in [-0.05, 0) is 49.7 Å². The Morgan fingerprint density at radius 2 is 1.88 bits per heavy atom. The minimum Gasteiger partial charge on any atom is -0.481 e. The zero-order valence-corrected chi connectivity index (χ0v) is 15.3. The number of carboxylic acids is 1. The molecule has 0 bridgehead atoms. The minimum atomic E-state index is -0.878. The zero-order valence-electron chi connectivity index (χ0n) is 14.4. The third-order valence-corrected chi connectivity index (χ3v) is 5.52. The first-order chi connectivity index (χ1) is 12.4. The van der Waals surface area contributed by atoms with Crippen molar-refractivity contribution in [1.82, 2.24) is 4.90 Å². The van der Waals surface area contributed by atoms with Gasteiger partial charge in [0.15, 0.2) is 0 Å². The molecule has 0 spiro atoms. The van der Waals surface area contributed by atoms with E-state index in [-0.39, 0.29) is 11.7 Å². The van der Waals surface area contributed by atoms with E-state index in [0.717, 1.165) is 4.88 Å². The largest absolute Gasteiger partial charge is 0.481 e. The lowest BCUT2D eigenvalue weighted by Crippen LogP contribution is -2.46. The summed E-state index contributed by atoms with van der Waals surface area (Å²) >= 11 is 1.68. The number of rotatable bonds is 5. The molecule has 1 aromatic carbocycles. The molecule has 0 aliphatic carbocycles. The van der Waals surface area contributed by atoms with E-state index in [1.165, 1.54) is 29.1 Å². The molecule has 1 saturated heterocycles. The van der Waals surface area contributed by atoms with Gasteiger partial charge >= 0.3 is 5.97 Å². The summed E-state index contributed by atoms with van der Waals surface area (Å²) in [5.41, 5.74) is 0.509. The van der Waals surface area contributed by atoms with Gasteiger partial charge in [0.2, 0.25) is 5.91 Å². The van der Waals surface area contributed by atoms with E-state index in [0.29, 0.717) is 31.7 Å². The average molecular weight is 376 g/mol. The Hall–Kier alpha value is -2.25. The fourth-order valence-electron chi connectivity index (χ4n) is 3.26. The van der Waals surface area contributed by atoms with Crippen molar-refractivity contribution in [3.05, 3.63) is 52.0 Å². The van der Waals surface area contributed by atoms with E-state index in [4.69, 9.17) is 0 Å². The first-order valence-corrected chi connectivity index (χ1v) is 9.29. The van der Waals surface area contributed by atoms with Crippen LogP contribution in [0.3, 0.4) is 0 Å². The number of amides is 1. The van der Waals surface area contributed by atoms with Crippen molar-refractivity contribution in [2.45, 2.75) is 19.9 Å². The predicted molar refractivity (Wildman–Crippen MR) is 98.6 cm³/mol. The Balaban J connectivity index is 1.69. The van der Waals surface area contributed by atoms with E-state index in [1.54, 1.807) is 11.3 Å². The van der Waals surface area contributed by atoms with Gasteiger partial charge in [-0.25, -0.2) is 4.39 Å². The van der Waals surface area contributed by atoms with E-state index in [2.05, 4.69) is 5.32 Å². The predicted octanol–water partition coefficient (Wildman–Crippen LogP) is 3.36. The Kier molecular flexibility index (Phi) is 5.68. The number of anilines is 1. The van der Waals surface area contributed by atoms with Gasteiger partial charge in [-0.3, -0.25) is 14.5 Å². The number of piperidine rings is 1. The summed E-state index contributed by atoms with van der Waals surface area (Å²) in [6.45, 7) is 3.62. The topological polar surface area (TPSA) is 69.6 Å². The van der Waals surface area contributed by atoms with E-state index >= 15 is 0 Å². The van der Waals surface area contributed by atoms with Crippen LogP contribution < -0.4 is 5.32 Å². The van der Waals surface area contributed by atoms with Crippen molar-refractivity contribution >= 4 is 28.9 Å². The molecule has 1 aliphatic heterocycles. The summed E-state index contributed by atoms with van der Waals surface area (Å²) in [6.07, 6.45) is 0.308. The number of carboxylic acid groups (broad SMARTS) is 1. The van der Waals surface area contributed by atoms with Crippen molar-refractivity contribution in [3.63, 3.8) is 0 Å². The number of halogens is 1. The molecule has 2 atom stereocenters. The monoisotopic (exact) mass is 376 g/mol. The number of nitrogens with one attached hydrogen (secondary N) is 1. The number of hydrogen-bond acceptors (Lipinski definition) is 4. The molecule has 0 saturated carbocycles. The summed E-state index contributed by atoms with van der Waals surface area (Å²) in [7, 11) is 0. The van der Waals surface area contributed by atoms with E-state index in [9.17, 15) is 19.1 Å². The number of carbonyl (C=O) groups is 2. The van der Waals surface area contributed by atoms with E-state index in [1.807, 2.05) is 24.0 Å². The number of aliphatic carboxylic acids is 1. The Bertz CT molecular complexity index is 790. The maximum atomic E-state index is 13.0. The molecule has 0 radical (unpaired) electrons. The SMILES string of the molecule is Cc1ccc(CN2C[C@H](C(=O)O)C[C@H](C(=O)Nc3ccc(F)cc3)C2)s1. The second kappa shape index (κ2) is 7.97. The normalized spacial score (nSPS) is 20.7. The summed E-state index contributed by atoms with van der Waals surface area (Å²) < 4.78 is 13.0. The van der Waals surface area contributed by atoms with Crippen LogP contribution >= 0.6 is 11.3 Å². The van der Waals surface area contributed by atoms with Gasteiger partial charge in [-0.1, -0.05) is 0 Å². The van der Waals surface area contributed by atoms with Crippen molar-refractivity contribution < 1.29 is 19.1 Å². The molecule has 1 aromatic heterocycles. The molecule has 5 nitrogen and oxygen atoms in total. The third-order valence-electron chi connectivity index (χ3n) is 4.53. The maximum Gasteiger partial charge on any atom is 0.307 e. The van der Waals surface area contributed by atoms with Crippen LogP contribution in [0, 0.1) is 24.6 Å². The lowest BCUT2D eigenvalue weighted by molar-refractivity contribution is -0.145. The van der Waals surface area contributed by atoms with Crippen LogP contribution in [0.15, 0.2) is 36.4 Å². The van der Waals surface area contributed by atoms with Gasteiger partial charge in [-0.2, -0.15) is 0 Å². The quantitative estimate of drug-likeness (QED) is 0.840. The summed E-state index contributed by atoms with van der Waals surface area (Å²) in [4.78, 5) is 28.5. The molecule has 1 aliphatic rings. The summed E-state index contributed by atoms with van der Waals surface area (Å²) in [5.74, 6) is -2.47. The fourth-order valence-corrected chi connectivity index (χ4v) is 4.19. The smallest absolute Gasteiger partial charge is 0.307 e.